The largest absolute Gasteiger partial charge is 0.511 e. The van der Waals surface area contributed by atoms with E-state index in [-0.39, 0.29) is 11.6 Å². The molecule has 1 N–H and O–H groups in total. The SMILES string of the molecule is O=C(O)Oc1cnn(-c2ccc(F)cc2)c1. The molecule has 0 aliphatic carbocycles. The van der Waals surface area contributed by atoms with Gasteiger partial charge >= 0.3 is 6.16 Å². The first-order valence-electron chi connectivity index (χ1n) is 4.36. The van der Waals surface area contributed by atoms with E-state index in [1.807, 2.05) is 0 Å². The number of aromatic nitrogens is 2. The Labute approximate surface area is 89.7 Å². The van der Waals surface area contributed by atoms with Crippen LogP contribution in [0.3, 0.4) is 0 Å². The fraction of sp³-hybridized carbons (Fsp3) is 0. The van der Waals surface area contributed by atoms with Crippen LogP contribution in [-0.2, 0) is 0 Å². The maximum Gasteiger partial charge on any atom is 0.511 e. The Bertz CT molecular complexity index is 507. The third-order valence-electron chi connectivity index (χ3n) is 1.86. The molecule has 0 amide bonds. The molecule has 0 aliphatic heterocycles. The van der Waals surface area contributed by atoms with Gasteiger partial charge in [0.25, 0.3) is 0 Å². The third kappa shape index (κ3) is 2.17. The molecular formula is C10H7FN2O3. The summed E-state index contributed by atoms with van der Waals surface area (Å²) in [5, 5.41) is 12.2. The van der Waals surface area contributed by atoms with Crippen molar-refractivity contribution in [1.82, 2.24) is 9.78 Å². The molecule has 5 nitrogen and oxygen atoms in total. The smallest absolute Gasteiger partial charge is 0.449 e. The number of hydrogen-bond donors (Lipinski definition) is 1. The summed E-state index contributed by atoms with van der Waals surface area (Å²) in [6.45, 7) is 0. The van der Waals surface area contributed by atoms with E-state index in [0.717, 1.165) is 0 Å². The summed E-state index contributed by atoms with van der Waals surface area (Å²) in [6, 6.07) is 5.61. The lowest BCUT2D eigenvalue weighted by Crippen LogP contribution is -2.01. The maximum atomic E-state index is 12.6. The topological polar surface area (TPSA) is 64.3 Å². The fourth-order valence-corrected chi connectivity index (χ4v) is 1.19. The average Bonchev–Trinajstić information content (AvgIpc) is 2.66. The van der Waals surface area contributed by atoms with E-state index in [0.29, 0.717) is 5.69 Å². The van der Waals surface area contributed by atoms with Gasteiger partial charge in [-0.05, 0) is 24.3 Å². The van der Waals surface area contributed by atoms with Crippen molar-refractivity contribution in [3.05, 3.63) is 42.5 Å². The molecule has 0 saturated heterocycles. The Morgan fingerprint density at radius 2 is 2.06 bits per heavy atom. The predicted octanol–water partition coefficient (Wildman–Crippen LogP) is 2.07. The number of carbonyl (C=O) groups is 1. The van der Waals surface area contributed by atoms with Crippen LogP contribution in [0.1, 0.15) is 0 Å². The summed E-state index contributed by atoms with van der Waals surface area (Å²) in [7, 11) is 0. The quantitative estimate of drug-likeness (QED) is 0.790. The lowest BCUT2D eigenvalue weighted by molar-refractivity contribution is 0.144. The third-order valence-corrected chi connectivity index (χ3v) is 1.86. The summed E-state index contributed by atoms with van der Waals surface area (Å²) < 4.78 is 18.4. The minimum absolute atomic E-state index is 0.108. The molecular weight excluding hydrogens is 215 g/mol. The average molecular weight is 222 g/mol. The molecule has 0 fully saturated rings. The molecule has 0 spiro atoms. The number of nitrogens with zero attached hydrogens (tertiary/aromatic N) is 2. The van der Waals surface area contributed by atoms with Crippen molar-refractivity contribution in [3.63, 3.8) is 0 Å². The second-order valence-electron chi connectivity index (χ2n) is 2.96. The van der Waals surface area contributed by atoms with Crippen LogP contribution in [0.2, 0.25) is 0 Å². The van der Waals surface area contributed by atoms with Crippen LogP contribution in [0, 0.1) is 5.82 Å². The van der Waals surface area contributed by atoms with E-state index in [4.69, 9.17) is 5.11 Å². The number of benzene rings is 1. The van der Waals surface area contributed by atoms with Crippen LogP contribution in [-0.4, -0.2) is 21.0 Å². The first-order chi connectivity index (χ1) is 7.65. The van der Waals surface area contributed by atoms with Crippen molar-refractivity contribution < 1.29 is 19.0 Å². The number of rotatable bonds is 2. The van der Waals surface area contributed by atoms with Crippen molar-refractivity contribution in [2.45, 2.75) is 0 Å². The Morgan fingerprint density at radius 1 is 1.38 bits per heavy atom. The lowest BCUT2D eigenvalue weighted by Gasteiger charge is -1.99. The van der Waals surface area contributed by atoms with E-state index in [9.17, 15) is 9.18 Å². The summed E-state index contributed by atoms with van der Waals surface area (Å²) in [4.78, 5) is 10.3. The lowest BCUT2D eigenvalue weighted by atomic mass is 10.3. The highest BCUT2D eigenvalue weighted by Gasteiger charge is 2.05. The van der Waals surface area contributed by atoms with E-state index < -0.39 is 6.16 Å². The van der Waals surface area contributed by atoms with Gasteiger partial charge in [-0.1, -0.05) is 0 Å². The first-order valence-corrected chi connectivity index (χ1v) is 4.36. The van der Waals surface area contributed by atoms with Crippen LogP contribution in [0.15, 0.2) is 36.7 Å². The Kier molecular flexibility index (Phi) is 2.55. The van der Waals surface area contributed by atoms with E-state index in [2.05, 4.69) is 9.84 Å². The number of ether oxygens (including phenoxy) is 1. The van der Waals surface area contributed by atoms with Gasteiger partial charge < -0.3 is 9.84 Å². The zero-order valence-electron chi connectivity index (χ0n) is 8.00. The molecule has 2 rings (SSSR count). The summed E-state index contributed by atoms with van der Waals surface area (Å²) in [5.74, 6) is -0.241. The van der Waals surface area contributed by atoms with Crippen LogP contribution in [0.4, 0.5) is 9.18 Å². The van der Waals surface area contributed by atoms with E-state index >= 15 is 0 Å². The molecule has 0 unspecified atom stereocenters. The zero-order valence-corrected chi connectivity index (χ0v) is 8.00. The van der Waals surface area contributed by atoms with Crippen LogP contribution >= 0.6 is 0 Å². The summed E-state index contributed by atoms with van der Waals surface area (Å²) >= 11 is 0. The summed E-state index contributed by atoms with van der Waals surface area (Å²) in [6.07, 6.45) is 1.25. The molecule has 2 aromatic rings. The standard InChI is InChI=1S/C10H7FN2O3/c11-7-1-3-8(4-2-7)13-6-9(5-12-13)16-10(14)15/h1-6H,(H,14,15). The molecule has 1 aromatic heterocycles. The monoisotopic (exact) mass is 222 g/mol. The maximum absolute atomic E-state index is 12.6. The summed E-state index contributed by atoms with van der Waals surface area (Å²) in [5.41, 5.74) is 0.613. The van der Waals surface area contributed by atoms with Crippen LogP contribution in [0.5, 0.6) is 5.75 Å². The van der Waals surface area contributed by atoms with Crippen LogP contribution < -0.4 is 4.74 Å². The Morgan fingerprint density at radius 3 is 2.69 bits per heavy atom. The minimum atomic E-state index is -1.40. The molecule has 0 atom stereocenters. The molecule has 0 saturated carbocycles. The molecule has 1 aromatic carbocycles. The molecule has 1 heterocycles. The Hall–Kier alpha value is -2.37. The Balaban J connectivity index is 2.24. The van der Waals surface area contributed by atoms with E-state index in [1.54, 1.807) is 0 Å². The van der Waals surface area contributed by atoms with Gasteiger partial charge in [-0.2, -0.15) is 5.10 Å². The van der Waals surface area contributed by atoms with Crippen molar-refractivity contribution in [3.8, 4) is 11.4 Å². The van der Waals surface area contributed by atoms with Crippen molar-refractivity contribution in [2.75, 3.05) is 0 Å². The molecule has 0 bridgehead atoms. The van der Waals surface area contributed by atoms with Gasteiger partial charge in [-0.15, -0.1) is 0 Å². The highest BCUT2D eigenvalue weighted by Crippen LogP contribution is 2.14. The second kappa shape index (κ2) is 4.01. The van der Waals surface area contributed by atoms with Crippen LogP contribution in [0.25, 0.3) is 5.69 Å². The van der Waals surface area contributed by atoms with Gasteiger partial charge in [-0.3, -0.25) is 0 Å². The molecule has 16 heavy (non-hydrogen) atoms. The van der Waals surface area contributed by atoms with Crippen molar-refractivity contribution in [1.29, 1.82) is 0 Å². The van der Waals surface area contributed by atoms with Gasteiger partial charge in [0.2, 0.25) is 0 Å². The molecule has 82 valence electrons. The van der Waals surface area contributed by atoms with Gasteiger partial charge in [-0.25, -0.2) is 13.9 Å². The number of carboxylic acid groups (broad SMARTS) is 1. The minimum Gasteiger partial charge on any atom is -0.449 e. The molecule has 0 radical (unpaired) electrons. The zero-order chi connectivity index (χ0) is 11.5. The fourth-order valence-electron chi connectivity index (χ4n) is 1.19. The van der Waals surface area contributed by atoms with Crippen molar-refractivity contribution in [2.24, 2.45) is 0 Å². The van der Waals surface area contributed by atoms with Gasteiger partial charge in [0.05, 0.1) is 18.1 Å². The van der Waals surface area contributed by atoms with Gasteiger partial charge in [0, 0.05) is 0 Å². The highest BCUT2D eigenvalue weighted by molar-refractivity contribution is 5.60. The van der Waals surface area contributed by atoms with Gasteiger partial charge in [0.15, 0.2) is 5.75 Å². The second-order valence-corrected chi connectivity index (χ2v) is 2.96. The number of halogens is 1. The first kappa shape index (κ1) is 10.2. The highest BCUT2D eigenvalue weighted by atomic mass is 19.1. The number of hydrogen-bond acceptors (Lipinski definition) is 3. The normalized spacial score (nSPS) is 10.1. The van der Waals surface area contributed by atoms with E-state index in [1.165, 1.54) is 41.3 Å². The predicted molar refractivity (Wildman–Crippen MR) is 52.2 cm³/mol. The van der Waals surface area contributed by atoms with Gasteiger partial charge in [0.1, 0.15) is 5.82 Å². The molecule has 6 heteroatoms. The molecule has 0 aliphatic rings. The van der Waals surface area contributed by atoms with Crippen molar-refractivity contribution >= 4 is 6.16 Å².